The van der Waals surface area contributed by atoms with Gasteiger partial charge in [-0.2, -0.15) is 0 Å². The van der Waals surface area contributed by atoms with Crippen LogP contribution in [-0.4, -0.2) is 27.6 Å². The highest BCUT2D eigenvalue weighted by molar-refractivity contribution is 5.94. The molecule has 1 unspecified atom stereocenters. The van der Waals surface area contributed by atoms with Crippen molar-refractivity contribution in [3.8, 4) is 11.8 Å². The SMILES string of the molecule is CC(NC(=O)c1ncccc1C#CCO)c1ccccn1. The summed E-state index contributed by atoms with van der Waals surface area (Å²) in [5.74, 6) is 4.91. The summed E-state index contributed by atoms with van der Waals surface area (Å²) in [6.45, 7) is 1.59. The van der Waals surface area contributed by atoms with Gasteiger partial charge in [0.2, 0.25) is 0 Å². The lowest BCUT2D eigenvalue weighted by Crippen LogP contribution is -2.28. The summed E-state index contributed by atoms with van der Waals surface area (Å²) >= 11 is 0. The topological polar surface area (TPSA) is 75.1 Å². The van der Waals surface area contributed by atoms with Crippen LogP contribution < -0.4 is 5.32 Å². The summed E-state index contributed by atoms with van der Waals surface area (Å²) in [7, 11) is 0. The van der Waals surface area contributed by atoms with Crippen LogP contribution in [0.1, 0.15) is 34.7 Å². The summed E-state index contributed by atoms with van der Waals surface area (Å²) in [4.78, 5) is 20.5. The van der Waals surface area contributed by atoms with E-state index in [4.69, 9.17) is 5.11 Å². The smallest absolute Gasteiger partial charge is 0.271 e. The number of aliphatic hydroxyl groups is 1. The number of amides is 1. The van der Waals surface area contributed by atoms with E-state index in [2.05, 4.69) is 27.1 Å². The van der Waals surface area contributed by atoms with Gasteiger partial charge in [0.1, 0.15) is 12.3 Å². The lowest BCUT2D eigenvalue weighted by molar-refractivity contribution is 0.0934. The minimum absolute atomic E-state index is 0.237. The fourth-order valence-electron chi connectivity index (χ4n) is 1.79. The molecule has 0 aliphatic carbocycles. The number of carbonyl (C=O) groups is 1. The van der Waals surface area contributed by atoms with Crippen LogP contribution in [0.2, 0.25) is 0 Å². The maximum Gasteiger partial charge on any atom is 0.271 e. The minimum atomic E-state index is -0.323. The summed E-state index contributed by atoms with van der Waals surface area (Å²) < 4.78 is 0. The van der Waals surface area contributed by atoms with Crippen LogP contribution in [0.4, 0.5) is 0 Å². The van der Waals surface area contributed by atoms with Crippen molar-refractivity contribution in [3.63, 3.8) is 0 Å². The Morgan fingerprint density at radius 2 is 2.10 bits per heavy atom. The van der Waals surface area contributed by atoms with Crippen molar-refractivity contribution in [3.05, 3.63) is 59.7 Å². The molecule has 5 heteroatoms. The first-order chi connectivity index (χ1) is 10.2. The van der Waals surface area contributed by atoms with Crippen LogP contribution >= 0.6 is 0 Å². The van der Waals surface area contributed by atoms with E-state index in [1.165, 1.54) is 6.20 Å². The zero-order chi connectivity index (χ0) is 15.1. The number of hydrogen-bond acceptors (Lipinski definition) is 4. The second-order valence-corrected chi connectivity index (χ2v) is 4.31. The van der Waals surface area contributed by atoms with E-state index in [1.807, 2.05) is 25.1 Å². The van der Waals surface area contributed by atoms with Crippen LogP contribution in [0.5, 0.6) is 0 Å². The van der Waals surface area contributed by atoms with E-state index in [-0.39, 0.29) is 24.2 Å². The van der Waals surface area contributed by atoms with Gasteiger partial charge in [0.15, 0.2) is 0 Å². The van der Waals surface area contributed by atoms with E-state index in [1.54, 1.807) is 18.3 Å². The van der Waals surface area contributed by atoms with Crippen molar-refractivity contribution in [2.45, 2.75) is 13.0 Å². The van der Waals surface area contributed by atoms with Gasteiger partial charge in [-0.1, -0.05) is 17.9 Å². The molecule has 2 rings (SSSR count). The molecule has 2 heterocycles. The lowest BCUT2D eigenvalue weighted by Gasteiger charge is -2.13. The molecular formula is C16H15N3O2. The molecule has 0 spiro atoms. The largest absolute Gasteiger partial charge is 0.384 e. The molecule has 1 amide bonds. The fourth-order valence-corrected chi connectivity index (χ4v) is 1.79. The number of hydrogen-bond donors (Lipinski definition) is 2. The zero-order valence-electron chi connectivity index (χ0n) is 11.6. The third-order valence-corrected chi connectivity index (χ3v) is 2.80. The molecule has 0 saturated carbocycles. The van der Waals surface area contributed by atoms with Gasteiger partial charge in [-0.25, -0.2) is 4.98 Å². The number of carbonyl (C=O) groups excluding carboxylic acids is 1. The Morgan fingerprint density at radius 3 is 2.81 bits per heavy atom. The van der Waals surface area contributed by atoms with Crippen LogP contribution in [-0.2, 0) is 0 Å². The maximum absolute atomic E-state index is 12.3. The summed E-state index contributed by atoms with van der Waals surface area (Å²) in [6.07, 6.45) is 3.21. The highest BCUT2D eigenvalue weighted by Gasteiger charge is 2.15. The van der Waals surface area contributed by atoms with Crippen LogP contribution in [0.15, 0.2) is 42.7 Å². The molecule has 2 N–H and O–H groups in total. The van der Waals surface area contributed by atoms with Gasteiger partial charge in [-0.15, -0.1) is 0 Å². The van der Waals surface area contributed by atoms with Crippen molar-refractivity contribution in [2.75, 3.05) is 6.61 Å². The second-order valence-electron chi connectivity index (χ2n) is 4.31. The van der Waals surface area contributed by atoms with Crippen molar-refractivity contribution >= 4 is 5.91 Å². The summed E-state index contributed by atoms with van der Waals surface area (Å²) in [6, 6.07) is 8.68. The van der Waals surface area contributed by atoms with E-state index >= 15 is 0 Å². The molecular weight excluding hydrogens is 266 g/mol. The predicted molar refractivity (Wildman–Crippen MR) is 78.3 cm³/mol. The molecule has 0 aliphatic heterocycles. The molecule has 0 bridgehead atoms. The van der Waals surface area contributed by atoms with Gasteiger partial charge in [0, 0.05) is 12.4 Å². The van der Waals surface area contributed by atoms with Gasteiger partial charge in [0.25, 0.3) is 5.91 Å². The highest BCUT2D eigenvalue weighted by Crippen LogP contribution is 2.10. The van der Waals surface area contributed by atoms with Gasteiger partial charge >= 0.3 is 0 Å². The van der Waals surface area contributed by atoms with E-state index in [9.17, 15) is 4.79 Å². The Labute approximate surface area is 123 Å². The summed E-state index contributed by atoms with van der Waals surface area (Å²) in [5, 5.41) is 11.6. The third-order valence-electron chi connectivity index (χ3n) is 2.80. The molecule has 0 fully saturated rings. The number of nitrogens with zero attached hydrogens (tertiary/aromatic N) is 2. The molecule has 0 saturated heterocycles. The van der Waals surface area contributed by atoms with Crippen LogP contribution in [0.25, 0.3) is 0 Å². The van der Waals surface area contributed by atoms with E-state index < -0.39 is 0 Å². The Morgan fingerprint density at radius 1 is 1.29 bits per heavy atom. The lowest BCUT2D eigenvalue weighted by atomic mass is 10.1. The van der Waals surface area contributed by atoms with Crippen molar-refractivity contribution in [1.29, 1.82) is 0 Å². The van der Waals surface area contributed by atoms with E-state index in [0.29, 0.717) is 5.56 Å². The number of rotatable bonds is 3. The Kier molecular flexibility index (Phi) is 5.02. The predicted octanol–water partition coefficient (Wildman–Crippen LogP) is 1.31. The number of aliphatic hydroxyl groups excluding tert-OH is 1. The first-order valence-corrected chi connectivity index (χ1v) is 6.49. The minimum Gasteiger partial charge on any atom is -0.384 e. The maximum atomic E-state index is 12.3. The summed E-state index contributed by atoms with van der Waals surface area (Å²) in [5.41, 5.74) is 1.49. The Balaban J connectivity index is 2.17. The van der Waals surface area contributed by atoms with Crippen molar-refractivity contribution < 1.29 is 9.90 Å². The Hall–Kier alpha value is -2.71. The molecule has 1 atom stereocenters. The normalized spacial score (nSPS) is 11.1. The van der Waals surface area contributed by atoms with Gasteiger partial charge in [-0.3, -0.25) is 9.78 Å². The number of nitrogens with one attached hydrogen (secondary N) is 1. The first kappa shape index (κ1) is 14.7. The quantitative estimate of drug-likeness (QED) is 0.832. The van der Waals surface area contributed by atoms with Crippen LogP contribution in [0, 0.1) is 11.8 Å². The van der Waals surface area contributed by atoms with E-state index in [0.717, 1.165) is 5.69 Å². The first-order valence-electron chi connectivity index (χ1n) is 6.49. The molecule has 21 heavy (non-hydrogen) atoms. The highest BCUT2D eigenvalue weighted by atomic mass is 16.2. The van der Waals surface area contributed by atoms with Crippen LogP contribution in [0.3, 0.4) is 0 Å². The van der Waals surface area contributed by atoms with Gasteiger partial charge < -0.3 is 10.4 Å². The third kappa shape index (κ3) is 3.88. The molecule has 5 nitrogen and oxygen atoms in total. The number of aromatic nitrogens is 2. The second kappa shape index (κ2) is 7.17. The average molecular weight is 281 g/mol. The Bertz CT molecular complexity index is 675. The zero-order valence-corrected chi connectivity index (χ0v) is 11.6. The van der Waals surface area contributed by atoms with Gasteiger partial charge in [0.05, 0.1) is 17.3 Å². The molecule has 0 radical (unpaired) electrons. The standard InChI is InChI=1S/C16H15N3O2/c1-12(14-8-2-3-9-17-14)19-16(21)15-13(7-5-11-20)6-4-10-18-15/h2-4,6,8-10,12,20H,11H2,1H3,(H,19,21). The average Bonchev–Trinajstić information content (AvgIpc) is 2.54. The molecule has 2 aromatic rings. The van der Waals surface area contributed by atoms with Gasteiger partial charge in [-0.05, 0) is 31.2 Å². The monoisotopic (exact) mass is 281 g/mol. The number of pyridine rings is 2. The molecule has 0 aliphatic rings. The fraction of sp³-hybridized carbons (Fsp3) is 0.188. The van der Waals surface area contributed by atoms with Crippen molar-refractivity contribution in [1.82, 2.24) is 15.3 Å². The molecule has 106 valence electrons. The van der Waals surface area contributed by atoms with Crippen molar-refractivity contribution in [2.24, 2.45) is 0 Å². The molecule has 0 aromatic carbocycles. The molecule has 2 aromatic heterocycles.